The third-order valence-electron chi connectivity index (χ3n) is 3.91. The van der Waals surface area contributed by atoms with Gasteiger partial charge < -0.3 is 14.8 Å². The van der Waals surface area contributed by atoms with Crippen LogP contribution in [0.25, 0.3) is 10.9 Å². The Balaban J connectivity index is 1.78. The van der Waals surface area contributed by atoms with Gasteiger partial charge in [0.2, 0.25) is 0 Å². The monoisotopic (exact) mass is 354 g/mol. The summed E-state index contributed by atoms with van der Waals surface area (Å²) >= 11 is 0. The standard InChI is InChI=1S/C19H19N3O4/c1-12-8-13(9-14-11-20-22-17(12)14)10-16(18(23)25-2)21-19(24)26-15-6-4-3-5-7-15/h3-9,11,16H,10H2,1-2H3,(H,20,22)(H,21,24)/t16-/m1/s1/i11D. The molecule has 26 heavy (non-hydrogen) atoms. The summed E-state index contributed by atoms with van der Waals surface area (Å²) in [5, 5.41) is 9.88. The molecule has 1 aromatic heterocycles. The van der Waals surface area contributed by atoms with Crippen molar-refractivity contribution in [1.29, 1.82) is 0 Å². The molecular formula is C19H19N3O4. The first-order valence-electron chi connectivity index (χ1n) is 8.53. The second-order valence-corrected chi connectivity index (χ2v) is 5.80. The van der Waals surface area contributed by atoms with E-state index < -0.39 is 18.1 Å². The molecule has 0 saturated carbocycles. The Morgan fingerprint density at radius 3 is 2.81 bits per heavy atom. The van der Waals surface area contributed by atoms with Gasteiger partial charge in [-0.3, -0.25) is 5.10 Å². The average molecular weight is 354 g/mol. The molecule has 0 unspecified atom stereocenters. The van der Waals surface area contributed by atoms with Crippen LogP contribution in [0.3, 0.4) is 0 Å². The molecule has 1 amide bonds. The number of hydrogen-bond donors (Lipinski definition) is 2. The topological polar surface area (TPSA) is 93.3 Å². The molecule has 3 aromatic rings. The molecule has 0 aliphatic carbocycles. The number of hydrogen-bond acceptors (Lipinski definition) is 5. The van der Waals surface area contributed by atoms with E-state index in [-0.39, 0.29) is 12.6 Å². The van der Waals surface area contributed by atoms with Gasteiger partial charge in [-0.15, -0.1) is 0 Å². The van der Waals surface area contributed by atoms with Crippen molar-refractivity contribution in [3.8, 4) is 5.75 Å². The summed E-state index contributed by atoms with van der Waals surface area (Å²) in [6, 6.07) is 11.3. The van der Waals surface area contributed by atoms with E-state index in [4.69, 9.17) is 10.8 Å². The van der Waals surface area contributed by atoms with Gasteiger partial charge in [0.05, 0.1) is 20.2 Å². The van der Waals surface area contributed by atoms with Crippen molar-refractivity contribution in [3.63, 3.8) is 0 Å². The molecule has 1 atom stereocenters. The Kier molecular flexibility index (Phi) is 4.77. The summed E-state index contributed by atoms with van der Waals surface area (Å²) in [6.07, 6.45) is -0.433. The van der Waals surface area contributed by atoms with Gasteiger partial charge in [-0.2, -0.15) is 5.10 Å². The zero-order valence-corrected chi connectivity index (χ0v) is 14.4. The predicted octanol–water partition coefficient (Wildman–Crippen LogP) is 2.74. The summed E-state index contributed by atoms with van der Waals surface area (Å²) in [4.78, 5) is 24.3. The normalized spacial score (nSPS) is 12.3. The number of ether oxygens (including phenoxy) is 2. The van der Waals surface area contributed by atoms with E-state index in [9.17, 15) is 9.59 Å². The van der Waals surface area contributed by atoms with E-state index in [2.05, 4.69) is 15.5 Å². The lowest BCUT2D eigenvalue weighted by Crippen LogP contribution is -2.44. The number of nitrogens with zero attached hydrogens (tertiary/aromatic N) is 1. The smallest absolute Gasteiger partial charge is 0.413 e. The Hall–Kier alpha value is -3.35. The van der Waals surface area contributed by atoms with E-state index in [0.717, 1.165) is 16.6 Å². The maximum atomic E-state index is 12.1. The molecule has 134 valence electrons. The second-order valence-electron chi connectivity index (χ2n) is 5.80. The molecule has 0 radical (unpaired) electrons. The fourth-order valence-corrected chi connectivity index (χ4v) is 2.70. The van der Waals surface area contributed by atoms with Crippen LogP contribution in [0.1, 0.15) is 12.5 Å². The van der Waals surface area contributed by atoms with E-state index in [0.29, 0.717) is 11.1 Å². The zero-order chi connectivity index (χ0) is 19.4. The van der Waals surface area contributed by atoms with Crippen molar-refractivity contribution in [1.82, 2.24) is 15.5 Å². The predicted molar refractivity (Wildman–Crippen MR) is 95.9 cm³/mol. The van der Waals surface area contributed by atoms with Gasteiger partial charge in [0, 0.05) is 11.8 Å². The summed E-state index contributed by atoms with van der Waals surface area (Å²) in [5.41, 5.74) is 2.43. The van der Waals surface area contributed by atoms with E-state index in [1.54, 1.807) is 36.4 Å². The number of amides is 1. The maximum absolute atomic E-state index is 12.1. The van der Waals surface area contributed by atoms with Crippen LogP contribution in [0.15, 0.2) is 48.6 Å². The number of carbonyl (C=O) groups excluding carboxylic acids is 2. The number of benzene rings is 2. The number of para-hydroxylation sites is 1. The van der Waals surface area contributed by atoms with Crippen molar-refractivity contribution in [2.24, 2.45) is 0 Å². The maximum Gasteiger partial charge on any atom is 0.413 e. The zero-order valence-electron chi connectivity index (χ0n) is 15.4. The number of methoxy groups -OCH3 is 1. The highest BCUT2D eigenvalue weighted by atomic mass is 16.6. The highest BCUT2D eigenvalue weighted by Gasteiger charge is 2.23. The fourth-order valence-electron chi connectivity index (χ4n) is 2.70. The van der Waals surface area contributed by atoms with Gasteiger partial charge in [0.1, 0.15) is 11.8 Å². The third kappa shape index (κ3) is 4.00. The number of aromatic nitrogens is 2. The van der Waals surface area contributed by atoms with Gasteiger partial charge in [-0.1, -0.05) is 24.3 Å². The van der Waals surface area contributed by atoms with Crippen molar-refractivity contribution in [2.75, 3.05) is 7.11 Å². The Bertz CT molecular complexity index is 972. The first kappa shape index (κ1) is 16.1. The molecule has 2 aromatic carbocycles. The molecule has 7 nitrogen and oxygen atoms in total. The Morgan fingerprint density at radius 2 is 2.08 bits per heavy atom. The van der Waals surface area contributed by atoms with E-state index in [1.807, 2.05) is 13.0 Å². The van der Waals surface area contributed by atoms with Gasteiger partial charge in [-0.25, -0.2) is 9.59 Å². The molecule has 0 fully saturated rings. The fraction of sp³-hybridized carbons (Fsp3) is 0.211. The molecule has 0 aliphatic rings. The molecule has 7 heteroatoms. The second kappa shape index (κ2) is 7.69. The number of aromatic amines is 1. The molecule has 1 heterocycles. The Morgan fingerprint density at radius 1 is 1.31 bits per heavy atom. The van der Waals surface area contributed by atoms with Crippen molar-refractivity contribution in [3.05, 3.63) is 59.8 Å². The molecule has 0 spiro atoms. The molecule has 0 aliphatic heterocycles. The lowest BCUT2D eigenvalue weighted by atomic mass is 10.0. The van der Waals surface area contributed by atoms with Crippen LogP contribution in [0.5, 0.6) is 5.75 Å². The van der Waals surface area contributed by atoms with Gasteiger partial charge in [0.15, 0.2) is 0 Å². The molecular weight excluding hydrogens is 334 g/mol. The van der Waals surface area contributed by atoms with Crippen LogP contribution in [0.2, 0.25) is 0 Å². The van der Waals surface area contributed by atoms with Crippen molar-refractivity contribution >= 4 is 23.0 Å². The number of fused-ring (bicyclic) bond motifs is 1. The number of aryl methyl sites for hydroxylation is 1. The van der Waals surface area contributed by atoms with Crippen LogP contribution >= 0.6 is 0 Å². The Labute approximate surface area is 151 Å². The van der Waals surface area contributed by atoms with E-state index >= 15 is 0 Å². The first-order chi connectivity index (χ1) is 13.0. The minimum Gasteiger partial charge on any atom is -0.467 e. The van der Waals surface area contributed by atoms with Gasteiger partial charge in [-0.05, 0) is 36.2 Å². The SMILES string of the molecule is [2H]c1n[nH]c2c(C)cc(C[C@@H](NC(=O)Oc3ccccc3)C(=O)OC)cc12. The molecule has 2 N–H and O–H groups in total. The van der Waals surface area contributed by atoms with Crippen LogP contribution in [0.4, 0.5) is 4.79 Å². The third-order valence-corrected chi connectivity index (χ3v) is 3.91. The lowest BCUT2D eigenvalue weighted by Gasteiger charge is -2.17. The molecule has 3 rings (SSSR count). The summed E-state index contributed by atoms with van der Waals surface area (Å²) in [6.45, 7) is 1.88. The quantitative estimate of drug-likeness (QED) is 0.687. The van der Waals surface area contributed by atoms with Crippen LogP contribution < -0.4 is 10.1 Å². The summed E-state index contributed by atoms with van der Waals surface area (Å²) in [5.74, 6) is -0.218. The number of H-pyrrole nitrogens is 1. The average Bonchev–Trinajstić information content (AvgIpc) is 3.03. The highest BCUT2D eigenvalue weighted by Crippen LogP contribution is 2.19. The van der Waals surface area contributed by atoms with Crippen LogP contribution in [0, 0.1) is 6.92 Å². The van der Waals surface area contributed by atoms with Crippen LogP contribution in [-0.4, -0.2) is 35.4 Å². The first-order valence-corrected chi connectivity index (χ1v) is 8.03. The number of rotatable bonds is 5. The summed E-state index contributed by atoms with van der Waals surface area (Å²) < 4.78 is 17.8. The lowest BCUT2D eigenvalue weighted by molar-refractivity contribution is -0.142. The minimum absolute atomic E-state index is 0.126. The number of carbonyl (C=O) groups is 2. The molecule has 0 bridgehead atoms. The van der Waals surface area contributed by atoms with Crippen molar-refractivity contribution < 1.29 is 20.4 Å². The highest BCUT2D eigenvalue weighted by molar-refractivity contribution is 5.84. The van der Waals surface area contributed by atoms with Crippen LogP contribution in [-0.2, 0) is 16.0 Å². The largest absolute Gasteiger partial charge is 0.467 e. The van der Waals surface area contributed by atoms with Gasteiger partial charge in [0.25, 0.3) is 0 Å². The van der Waals surface area contributed by atoms with Crippen molar-refractivity contribution in [2.45, 2.75) is 19.4 Å². The number of nitrogens with one attached hydrogen (secondary N) is 2. The number of esters is 1. The van der Waals surface area contributed by atoms with E-state index in [1.165, 1.54) is 7.11 Å². The molecule has 0 saturated heterocycles. The summed E-state index contributed by atoms with van der Waals surface area (Å²) in [7, 11) is 1.26. The minimum atomic E-state index is -0.927. The van der Waals surface area contributed by atoms with Gasteiger partial charge >= 0.3 is 12.1 Å².